The molecule has 0 spiro atoms. The molecule has 2 aromatic rings. The number of aromatic nitrogens is 2. The van der Waals surface area contributed by atoms with E-state index < -0.39 is 0 Å². The molecule has 0 aliphatic carbocycles. The SMILES string of the molecule is Cn1nc(-c2cccc(Cl)c2)cc1N=C=O. The number of carbonyl (C=O) groups excluding carboxylic acids is 1. The Bertz CT molecular complexity index is 570. The molecule has 0 atom stereocenters. The maximum absolute atomic E-state index is 10.2. The first kappa shape index (κ1) is 10.6. The first-order valence-electron chi connectivity index (χ1n) is 4.58. The predicted molar refractivity (Wildman–Crippen MR) is 61.4 cm³/mol. The van der Waals surface area contributed by atoms with Gasteiger partial charge in [0.15, 0.2) is 5.82 Å². The molecule has 1 aromatic heterocycles. The fraction of sp³-hybridized carbons (Fsp3) is 0.0909. The van der Waals surface area contributed by atoms with E-state index in [1.807, 2.05) is 12.1 Å². The Labute approximate surface area is 97.2 Å². The summed E-state index contributed by atoms with van der Waals surface area (Å²) < 4.78 is 1.52. The summed E-state index contributed by atoms with van der Waals surface area (Å²) in [7, 11) is 1.71. The topological polar surface area (TPSA) is 47.2 Å². The summed E-state index contributed by atoms with van der Waals surface area (Å²) in [6, 6.07) is 9.03. The molecule has 1 heterocycles. The van der Waals surface area contributed by atoms with Crippen LogP contribution < -0.4 is 0 Å². The fourth-order valence-electron chi connectivity index (χ4n) is 1.40. The van der Waals surface area contributed by atoms with E-state index in [0.717, 1.165) is 11.3 Å². The minimum atomic E-state index is 0.463. The normalized spacial score (nSPS) is 9.88. The summed E-state index contributed by atoms with van der Waals surface area (Å²) in [5, 5.41) is 4.87. The zero-order valence-corrected chi connectivity index (χ0v) is 9.27. The van der Waals surface area contributed by atoms with Crippen LogP contribution in [0, 0.1) is 0 Å². The summed E-state index contributed by atoms with van der Waals surface area (Å²) in [6.07, 6.45) is 1.49. The van der Waals surface area contributed by atoms with Crippen molar-refractivity contribution < 1.29 is 4.79 Å². The van der Waals surface area contributed by atoms with Gasteiger partial charge in [0, 0.05) is 23.7 Å². The van der Waals surface area contributed by atoms with Gasteiger partial charge >= 0.3 is 0 Å². The van der Waals surface area contributed by atoms with Gasteiger partial charge < -0.3 is 0 Å². The van der Waals surface area contributed by atoms with Gasteiger partial charge in [0.05, 0.1) is 5.69 Å². The molecular formula is C11H8ClN3O. The lowest BCUT2D eigenvalue weighted by molar-refractivity contribution is 0.564. The van der Waals surface area contributed by atoms with Gasteiger partial charge in [-0.2, -0.15) is 5.10 Å². The third kappa shape index (κ3) is 2.03. The average molecular weight is 234 g/mol. The molecule has 0 fully saturated rings. The Balaban J connectivity index is 2.49. The van der Waals surface area contributed by atoms with E-state index in [0.29, 0.717) is 10.8 Å². The van der Waals surface area contributed by atoms with E-state index in [1.165, 1.54) is 10.8 Å². The van der Waals surface area contributed by atoms with Gasteiger partial charge in [-0.3, -0.25) is 0 Å². The van der Waals surface area contributed by atoms with Crippen LogP contribution in [0.4, 0.5) is 5.82 Å². The van der Waals surface area contributed by atoms with E-state index >= 15 is 0 Å². The predicted octanol–water partition coefficient (Wildman–Crippen LogP) is 2.71. The van der Waals surface area contributed by atoms with Gasteiger partial charge in [-0.15, -0.1) is 4.99 Å². The number of hydrogen-bond acceptors (Lipinski definition) is 3. The van der Waals surface area contributed by atoms with Crippen LogP contribution in [0.3, 0.4) is 0 Å². The summed E-state index contributed by atoms with van der Waals surface area (Å²) in [5.74, 6) is 0.463. The lowest BCUT2D eigenvalue weighted by Crippen LogP contribution is -1.89. The minimum absolute atomic E-state index is 0.463. The van der Waals surface area contributed by atoms with Crippen molar-refractivity contribution in [1.29, 1.82) is 0 Å². The van der Waals surface area contributed by atoms with Gasteiger partial charge in [0.1, 0.15) is 0 Å². The molecule has 0 amide bonds. The number of aryl methyl sites for hydroxylation is 1. The van der Waals surface area contributed by atoms with Crippen LogP contribution in [-0.4, -0.2) is 15.9 Å². The molecule has 0 aliphatic heterocycles. The second kappa shape index (κ2) is 4.31. The zero-order valence-electron chi connectivity index (χ0n) is 8.51. The van der Waals surface area contributed by atoms with Crippen molar-refractivity contribution in [2.75, 3.05) is 0 Å². The molecule has 0 unspecified atom stereocenters. The van der Waals surface area contributed by atoms with Crippen molar-refractivity contribution in [1.82, 2.24) is 9.78 Å². The zero-order chi connectivity index (χ0) is 11.5. The van der Waals surface area contributed by atoms with Gasteiger partial charge in [0.2, 0.25) is 6.08 Å². The van der Waals surface area contributed by atoms with Crippen LogP contribution >= 0.6 is 11.6 Å². The van der Waals surface area contributed by atoms with Gasteiger partial charge in [0.25, 0.3) is 0 Å². The van der Waals surface area contributed by atoms with Crippen LogP contribution in [-0.2, 0) is 11.8 Å². The highest BCUT2D eigenvalue weighted by molar-refractivity contribution is 6.30. The number of nitrogens with zero attached hydrogens (tertiary/aromatic N) is 3. The van der Waals surface area contributed by atoms with E-state index in [-0.39, 0.29) is 0 Å². The van der Waals surface area contributed by atoms with Crippen molar-refractivity contribution >= 4 is 23.5 Å². The molecule has 0 saturated carbocycles. The quantitative estimate of drug-likeness (QED) is 0.592. The van der Waals surface area contributed by atoms with E-state index in [9.17, 15) is 4.79 Å². The lowest BCUT2D eigenvalue weighted by atomic mass is 10.1. The second-order valence-electron chi connectivity index (χ2n) is 3.22. The lowest BCUT2D eigenvalue weighted by Gasteiger charge is -1.95. The highest BCUT2D eigenvalue weighted by Gasteiger charge is 2.06. The van der Waals surface area contributed by atoms with Gasteiger partial charge in [-0.05, 0) is 12.1 Å². The standard InChI is InChI=1S/C11H8ClN3O/c1-15-11(13-7-16)6-10(14-15)8-3-2-4-9(12)5-8/h2-6H,1H3. The molecule has 80 valence electrons. The third-order valence-electron chi connectivity index (χ3n) is 2.14. The van der Waals surface area contributed by atoms with Crippen LogP contribution in [0.5, 0.6) is 0 Å². The first-order valence-corrected chi connectivity index (χ1v) is 4.96. The molecule has 5 heteroatoms. The van der Waals surface area contributed by atoms with Crippen molar-refractivity contribution in [2.24, 2.45) is 12.0 Å². The summed E-state index contributed by atoms with van der Waals surface area (Å²) >= 11 is 5.88. The number of aliphatic imine (C=N–C) groups is 1. The smallest absolute Gasteiger partial charge is 0.242 e. The van der Waals surface area contributed by atoms with E-state index in [2.05, 4.69) is 10.1 Å². The van der Waals surface area contributed by atoms with Crippen molar-refractivity contribution in [2.45, 2.75) is 0 Å². The Morgan fingerprint density at radius 2 is 2.25 bits per heavy atom. The molecule has 0 saturated heterocycles. The highest BCUT2D eigenvalue weighted by atomic mass is 35.5. The van der Waals surface area contributed by atoms with Crippen LogP contribution in [0.1, 0.15) is 0 Å². The molecule has 0 bridgehead atoms. The van der Waals surface area contributed by atoms with E-state index in [1.54, 1.807) is 25.2 Å². The van der Waals surface area contributed by atoms with E-state index in [4.69, 9.17) is 11.6 Å². The summed E-state index contributed by atoms with van der Waals surface area (Å²) in [6.45, 7) is 0. The number of halogens is 1. The molecule has 0 aliphatic rings. The number of benzene rings is 1. The maximum atomic E-state index is 10.2. The Morgan fingerprint density at radius 3 is 2.94 bits per heavy atom. The van der Waals surface area contributed by atoms with Crippen molar-refractivity contribution in [3.05, 3.63) is 35.4 Å². The molecule has 4 nitrogen and oxygen atoms in total. The summed E-state index contributed by atoms with van der Waals surface area (Å²) in [4.78, 5) is 13.7. The van der Waals surface area contributed by atoms with Crippen LogP contribution in [0.2, 0.25) is 5.02 Å². The van der Waals surface area contributed by atoms with Gasteiger partial charge in [-0.1, -0.05) is 23.7 Å². The van der Waals surface area contributed by atoms with Crippen LogP contribution in [0.25, 0.3) is 11.3 Å². The van der Waals surface area contributed by atoms with Gasteiger partial charge in [-0.25, -0.2) is 9.48 Å². The monoisotopic (exact) mass is 233 g/mol. The Morgan fingerprint density at radius 1 is 1.44 bits per heavy atom. The van der Waals surface area contributed by atoms with Crippen molar-refractivity contribution in [3.63, 3.8) is 0 Å². The number of isocyanates is 1. The minimum Gasteiger partial charge on any atom is -0.250 e. The number of hydrogen-bond donors (Lipinski definition) is 0. The highest BCUT2D eigenvalue weighted by Crippen LogP contribution is 2.24. The average Bonchev–Trinajstić information content (AvgIpc) is 2.61. The molecular weight excluding hydrogens is 226 g/mol. The van der Waals surface area contributed by atoms with Crippen molar-refractivity contribution in [3.8, 4) is 11.3 Å². The molecule has 0 radical (unpaired) electrons. The maximum Gasteiger partial charge on any atom is 0.242 e. The Kier molecular flexibility index (Phi) is 2.86. The molecule has 16 heavy (non-hydrogen) atoms. The number of rotatable bonds is 2. The molecule has 1 aromatic carbocycles. The molecule has 0 N–H and O–H groups in total. The second-order valence-corrected chi connectivity index (χ2v) is 3.66. The first-order chi connectivity index (χ1) is 7.70. The fourth-order valence-corrected chi connectivity index (χ4v) is 1.59. The summed E-state index contributed by atoms with van der Waals surface area (Å²) in [5.41, 5.74) is 1.61. The molecule has 2 rings (SSSR count). The largest absolute Gasteiger partial charge is 0.250 e. The third-order valence-corrected chi connectivity index (χ3v) is 2.37. The Hall–Kier alpha value is -1.90. The van der Waals surface area contributed by atoms with Crippen LogP contribution in [0.15, 0.2) is 35.3 Å².